The minimum Gasteiger partial charge on any atom is -0.315 e. The Kier molecular flexibility index (Phi) is 4.20. The van der Waals surface area contributed by atoms with Crippen molar-refractivity contribution in [1.29, 1.82) is 0 Å². The number of pyridine rings is 1. The summed E-state index contributed by atoms with van der Waals surface area (Å²) in [7, 11) is 0. The Morgan fingerprint density at radius 3 is 2.62 bits per heavy atom. The molecule has 0 bridgehead atoms. The smallest absolute Gasteiger partial charge is 0.258 e. The van der Waals surface area contributed by atoms with Crippen LogP contribution >= 0.6 is 15.9 Å². The van der Waals surface area contributed by atoms with Crippen LogP contribution < -0.4 is 5.56 Å². The third kappa shape index (κ3) is 3.24. The first-order valence-corrected chi connectivity index (χ1v) is 7.86. The lowest BCUT2D eigenvalue weighted by molar-refractivity contribution is 0.626. The number of nitrogens with zero attached hydrogens (tertiary/aromatic N) is 1. The van der Waals surface area contributed by atoms with Gasteiger partial charge in [0.15, 0.2) is 0 Å². The van der Waals surface area contributed by atoms with Crippen molar-refractivity contribution >= 4 is 26.7 Å². The van der Waals surface area contributed by atoms with E-state index in [1.807, 2.05) is 36.5 Å². The molecule has 2 aromatic carbocycles. The molecule has 0 atom stereocenters. The van der Waals surface area contributed by atoms with Gasteiger partial charge in [0.25, 0.3) is 5.56 Å². The standard InChI is InChI=1S/C18H16BrNO/c19-16-8-9-17-15(13-16)10-12-20(18(17)21)11-4-7-14-5-2-1-3-6-14/h1-3,5-6,8-10,12-13H,4,7,11H2. The molecule has 0 N–H and O–H groups in total. The Morgan fingerprint density at radius 1 is 1.00 bits per heavy atom. The van der Waals surface area contributed by atoms with E-state index in [9.17, 15) is 4.79 Å². The van der Waals surface area contributed by atoms with Gasteiger partial charge in [-0.1, -0.05) is 46.3 Å². The molecule has 0 aliphatic heterocycles. The molecule has 0 saturated heterocycles. The third-order valence-electron chi connectivity index (χ3n) is 3.65. The molecule has 0 radical (unpaired) electrons. The maximum absolute atomic E-state index is 12.4. The minimum absolute atomic E-state index is 0.0908. The molecule has 0 amide bonds. The monoisotopic (exact) mass is 341 g/mol. The number of benzene rings is 2. The van der Waals surface area contributed by atoms with Gasteiger partial charge in [0.2, 0.25) is 0 Å². The van der Waals surface area contributed by atoms with Crippen molar-refractivity contribution in [2.24, 2.45) is 0 Å². The highest BCUT2D eigenvalue weighted by molar-refractivity contribution is 9.10. The van der Waals surface area contributed by atoms with Crippen LogP contribution in [0.2, 0.25) is 0 Å². The largest absolute Gasteiger partial charge is 0.315 e. The van der Waals surface area contributed by atoms with Gasteiger partial charge in [-0.15, -0.1) is 0 Å². The maximum Gasteiger partial charge on any atom is 0.258 e. The molecule has 0 aliphatic carbocycles. The van der Waals surface area contributed by atoms with E-state index in [-0.39, 0.29) is 5.56 Å². The van der Waals surface area contributed by atoms with E-state index in [1.54, 1.807) is 4.57 Å². The molecular formula is C18H16BrNO. The van der Waals surface area contributed by atoms with E-state index >= 15 is 0 Å². The van der Waals surface area contributed by atoms with E-state index in [0.29, 0.717) is 0 Å². The summed E-state index contributed by atoms with van der Waals surface area (Å²) in [6.45, 7) is 0.750. The quantitative estimate of drug-likeness (QED) is 0.689. The molecule has 0 unspecified atom stereocenters. The van der Waals surface area contributed by atoms with Crippen LogP contribution in [0.4, 0.5) is 0 Å². The van der Waals surface area contributed by atoms with Crippen molar-refractivity contribution in [3.63, 3.8) is 0 Å². The zero-order valence-electron chi connectivity index (χ0n) is 11.6. The van der Waals surface area contributed by atoms with Crippen LogP contribution in [0.3, 0.4) is 0 Å². The van der Waals surface area contributed by atoms with Gasteiger partial charge in [0.05, 0.1) is 0 Å². The first-order chi connectivity index (χ1) is 10.2. The molecule has 0 aliphatic rings. The molecule has 106 valence electrons. The molecule has 0 spiro atoms. The number of hydrogen-bond donors (Lipinski definition) is 0. The second-order valence-electron chi connectivity index (χ2n) is 5.14. The lowest BCUT2D eigenvalue weighted by atomic mass is 10.1. The zero-order valence-corrected chi connectivity index (χ0v) is 13.2. The number of rotatable bonds is 4. The first kappa shape index (κ1) is 14.1. The SMILES string of the molecule is O=c1c2ccc(Br)cc2ccn1CCCc1ccccc1. The van der Waals surface area contributed by atoms with Gasteiger partial charge >= 0.3 is 0 Å². The molecule has 1 aromatic heterocycles. The molecule has 0 saturated carbocycles. The Bertz CT molecular complexity index is 808. The summed E-state index contributed by atoms with van der Waals surface area (Å²) in [4.78, 5) is 12.4. The van der Waals surface area contributed by atoms with Crippen molar-refractivity contribution in [3.8, 4) is 0 Å². The summed E-state index contributed by atoms with van der Waals surface area (Å²) >= 11 is 3.43. The predicted molar refractivity (Wildman–Crippen MR) is 90.7 cm³/mol. The van der Waals surface area contributed by atoms with Crippen molar-refractivity contribution in [2.45, 2.75) is 19.4 Å². The molecule has 21 heavy (non-hydrogen) atoms. The fraction of sp³-hybridized carbons (Fsp3) is 0.167. The van der Waals surface area contributed by atoms with Crippen molar-refractivity contribution in [2.75, 3.05) is 0 Å². The summed E-state index contributed by atoms with van der Waals surface area (Å²) < 4.78 is 2.80. The van der Waals surface area contributed by atoms with Crippen LogP contribution in [0.15, 0.2) is 70.1 Å². The molecule has 3 rings (SSSR count). The van der Waals surface area contributed by atoms with Gasteiger partial charge in [0.1, 0.15) is 0 Å². The molecule has 0 fully saturated rings. The number of aryl methyl sites for hydroxylation is 2. The van der Waals surface area contributed by atoms with Crippen molar-refractivity contribution in [1.82, 2.24) is 4.57 Å². The maximum atomic E-state index is 12.4. The van der Waals surface area contributed by atoms with Gasteiger partial charge < -0.3 is 4.57 Å². The van der Waals surface area contributed by atoms with Gasteiger partial charge in [-0.3, -0.25) is 4.79 Å². The van der Waals surface area contributed by atoms with Gasteiger partial charge in [-0.25, -0.2) is 0 Å². The molecule has 1 heterocycles. The highest BCUT2D eigenvalue weighted by Gasteiger charge is 2.03. The molecule has 2 nitrogen and oxygen atoms in total. The van der Waals surface area contributed by atoms with Crippen molar-refractivity contribution in [3.05, 3.63) is 81.2 Å². The zero-order chi connectivity index (χ0) is 14.7. The number of aromatic nitrogens is 1. The summed E-state index contributed by atoms with van der Waals surface area (Å²) in [5, 5.41) is 1.76. The van der Waals surface area contributed by atoms with E-state index in [4.69, 9.17) is 0 Å². The minimum atomic E-state index is 0.0908. The van der Waals surface area contributed by atoms with Crippen LogP contribution in [0.1, 0.15) is 12.0 Å². The fourth-order valence-electron chi connectivity index (χ4n) is 2.53. The Morgan fingerprint density at radius 2 is 1.81 bits per heavy atom. The normalized spacial score (nSPS) is 10.9. The third-order valence-corrected chi connectivity index (χ3v) is 4.14. The summed E-state index contributed by atoms with van der Waals surface area (Å²) in [6, 6.07) is 18.2. The predicted octanol–water partition coefficient (Wildman–Crippen LogP) is 4.40. The van der Waals surface area contributed by atoms with Crippen LogP contribution in [-0.4, -0.2) is 4.57 Å². The number of halogens is 1. The van der Waals surface area contributed by atoms with Crippen LogP contribution in [0.5, 0.6) is 0 Å². The van der Waals surface area contributed by atoms with Crippen molar-refractivity contribution < 1.29 is 0 Å². The Hall–Kier alpha value is -1.87. The highest BCUT2D eigenvalue weighted by Crippen LogP contribution is 2.16. The van der Waals surface area contributed by atoms with Crippen LogP contribution in [-0.2, 0) is 13.0 Å². The number of fused-ring (bicyclic) bond motifs is 1. The second kappa shape index (κ2) is 6.27. The highest BCUT2D eigenvalue weighted by atomic mass is 79.9. The van der Waals surface area contributed by atoms with Gasteiger partial charge in [-0.2, -0.15) is 0 Å². The molecule has 3 heteroatoms. The summed E-state index contributed by atoms with van der Waals surface area (Å²) in [6.07, 6.45) is 3.85. The fourth-order valence-corrected chi connectivity index (χ4v) is 2.91. The molecular weight excluding hydrogens is 326 g/mol. The summed E-state index contributed by atoms with van der Waals surface area (Å²) in [5.41, 5.74) is 1.41. The number of hydrogen-bond acceptors (Lipinski definition) is 1. The second-order valence-corrected chi connectivity index (χ2v) is 6.05. The van der Waals surface area contributed by atoms with E-state index < -0.39 is 0 Å². The first-order valence-electron chi connectivity index (χ1n) is 7.07. The Labute approximate surface area is 132 Å². The van der Waals surface area contributed by atoms with Crippen LogP contribution in [0.25, 0.3) is 10.8 Å². The van der Waals surface area contributed by atoms with Gasteiger partial charge in [-0.05, 0) is 48.1 Å². The average Bonchev–Trinajstić information content (AvgIpc) is 2.50. The lowest BCUT2D eigenvalue weighted by Gasteiger charge is -2.07. The van der Waals surface area contributed by atoms with Crippen LogP contribution in [0, 0.1) is 0 Å². The van der Waals surface area contributed by atoms with Gasteiger partial charge in [0, 0.05) is 22.6 Å². The average molecular weight is 342 g/mol. The summed E-state index contributed by atoms with van der Waals surface area (Å²) in [5.74, 6) is 0. The van der Waals surface area contributed by atoms with E-state index in [1.165, 1.54) is 5.56 Å². The Balaban J connectivity index is 1.77. The topological polar surface area (TPSA) is 22.0 Å². The molecule has 3 aromatic rings. The van der Waals surface area contributed by atoms with E-state index in [2.05, 4.69) is 40.2 Å². The lowest BCUT2D eigenvalue weighted by Crippen LogP contribution is -2.19. The van der Waals surface area contributed by atoms with E-state index in [0.717, 1.165) is 34.6 Å².